The van der Waals surface area contributed by atoms with Crippen LogP contribution in [0.3, 0.4) is 0 Å². The molecule has 1 amide bonds. The Morgan fingerprint density at radius 1 is 1.44 bits per heavy atom. The third kappa shape index (κ3) is 3.44. The molecule has 1 N–H and O–H groups in total. The first-order valence-corrected chi connectivity index (χ1v) is 5.75. The number of nitrogens with one attached hydrogen (secondary N) is 1. The maximum Gasteiger partial charge on any atom is 0.407 e. The van der Waals surface area contributed by atoms with Crippen LogP contribution in [0.4, 0.5) is 4.79 Å². The number of nitrogens with zero attached hydrogens (tertiary/aromatic N) is 1. The van der Waals surface area contributed by atoms with Crippen LogP contribution in [0.1, 0.15) is 12.0 Å². The summed E-state index contributed by atoms with van der Waals surface area (Å²) in [7, 11) is 0. The van der Waals surface area contributed by atoms with Gasteiger partial charge in [-0.3, -0.25) is 10.1 Å². The van der Waals surface area contributed by atoms with Crippen molar-refractivity contribution in [3.8, 4) is 0 Å². The molecule has 0 spiro atoms. The average Bonchev–Trinajstić information content (AvgIpc) is 3.15. The number of amides is 1. The molecular formula is C12H14N2O4. The van der Waals surface area contributed by atoms with E-state index in [1.165, 1.54) is 0 Å². The summed E-state index contributed by atoms with van der Waals surface area (Å²) in [4.78, 5) is 21.4. The van der Waals surface area contributed by atoms with E-state index in [-0.39, 0.29) is 17.4 Å². The Labute approximate surface area is 104 Å². The zero-order chi connectivity index (χ0) is 13.0. The van der Waals surface area contributed by atoms with Crippen molar-refractivity contribution in [1.29, 1.82) is 0 Å². The molecule has 1 fully saturated rings. The summed E-state index contributed by atoms with van der Waals surface area (Å²) < 4.78 is 4.98. The molecule has 2 atom stereocenters. The Hall–Kier alpha value is -2.11. The minimum absolute atomic E-state index is 0.0516. The minimum atomic E-state index is -0.534. The van der Waals surface area contributed by atoms with Gasteiger partial charge in [0.1, 0.15) is 6.61 Å². The summed E-state index contributed by atoms with van der Waals surface area (Å²) in [6.45, 7) is 0.509. The van der Waals surface area contributed by atoms with Crippen molar-refractivity contribution in [2.75, 3.05) is 6.54 Å². The second kappa shape index (κ2) is 5.48. The van der Waals surface area contributed by atoms with Crippen LogP contribution in [0.25, 0.3) is 0 Å². The SMILES string of the molecule is O=C(NC[C@@H]1C[C@H]1[N+](=O)[O-])OCc1ccccc1. The third-order valence-electron chi connectivity index (χ3n) is 2.88. The van der Waals surface area contributed by atoms with Crippen molar-refractivity contribution < 1.29 is 14.5 Å². The lowest BCUT2D eigenvalue weighted by Crippen LogP contribution is -2.27. The van der Waals surface area contributed by atoms with Gasteiger partial charge in [-0.1, -0.05) is 30.3 Å². The highest BCUT2D eigenvalue weighted by Crippen LogP contribution is 2.31. The van der Waals surface area contributed by atoms with E-state index in [0.29, 0.717) is 13.0 Å². The number of ether oxygens (including phenoxy) is 1. The van der Waals surface area contributed by atoms with Crippen LogP contribution in [-0.2, 0) is 11.3 Å². The summed E-state index contributed by atoms with van der Waals surface area (Å²) >= 11 is 0. The fourth-order valence-corrected chi connectivity index (χ4v) is 1.70. The van der Waals surface area contributed by atoms with Crippen LogP contribution in [0.15, 0.2) is 30.3 Å². The molecule has 0 unspecified atom stereocenters. The molecule has 18 heavy (non-hydrogen) atoms. The fourth-order valence-electron chi connectivity index (χ4n) is 1.70. The molecule has 0 heterocycles. The highest BCUT2D eigenvalue weighted by atomic mass is 16.6. The van der Waals surface area contributed by atoms with Crippen molar-refractivity contribution >= 4 is 6.09 Å². The average molecular weight is 250 g/mol. The van der Waals surface area contributed by atoms with E-state index in [0.717, 1.165) is 5.56 Å². The Morgan fingerprint density at radius 3 is 2.78 bits per heavy atom. The maximum absolute atomic E-state index is 11.3. The van der Waals surface area contributed by atoms with Crippen molar-refractivity contribution in [2.45, 2.75) is 19.1 Å². The lowest BCUT2D eigenvalue weighted by atomic mass is 10.2. The zero-order valence-electron chi connectivity index (χ0n) is 9.74. The Kier molecular flexibility index (Phi) is 3.76. The maximum atomic E-state index is 11.3. The molecule has 1 aliphatic rings. The largest absolute Gasteiger partial charge is 0.445 e. The van der Waals surface area contributed by atoms with E-state index in [1.54, 1.807) is 0 Å². The van der Waals surface area contributed by atoms with Gasteiger partial charge in [-0.2, -0.15) is 0 Å². The second-order valence-electron chi connectivity index (χ2n) is 4.29. The number of rotatable bonds is 5. The van der Waals surface area contributed by atoms with Gasteiger partial charge in [0.2, 0.25) is 6.04 Å². The van der Waals surface area contributed by atoms with Crippen LogP contribution in [0.2, 0.25) is 0 Å². The Balaban J connectivity index is 1.63. The quantitative estimate of drug-likeness (QED) is 0.635. The molecular weight excluding hydrogens is 236 g/mol. The lowest BCUT2D eigenvalue weighted by Gasteiger charge is -2.05. The molecule has 1 saturated carbocycles. The molecule has 6 heteroatoms. The number of nitro groups is 1. The summed E-state index contributed by atoms with van der Waals surface area (Å²) in [5, 5.41) is 12.9. The highest BCUT2D eigenvalue weighted by Gasteiger charge is 2.48. The van der Waals surface area contributed by atoms with Gasteiger partial charge in [0.25, 0.3) is 0 Å². The van der Waals surface area contributed by atoms with Crippen molar-refractivity contribution in [2.24, 2.45) is 5.92 Å². The topological polar surface area (TPSA) is 81.5 Å². The molecule has 0 aliphatic heterocycles. The van der Waals surface area contributed by atoms with Crippen LogP contribution in [-0.4, -0.2) is 23.6 Å². The summed E-state index contributed by atoms with van der Waals surface area (Å²) in [6, 6.07) is 8.83. The normalized spacial score (nSPS) is 21.1. The van der Waals surface area contributed by atoms with E-state index < -0.39 is 12.1 Å². The first-order chi connectivity index (χ1) is 8.66. The van der Waals surface area contributed by atoms with E-state index >= 15 is 0 Å². The third-order valence-corrected chi connectivity index (χ3v) is 2.88. The molecule has 96 valence electrons. The minimum Gasteiger partial charge on any atom is -0.445 e. The molecule has 0 bridgehead atoms. The number of carbonyl (C=O) groups excluding carboxylic acids is 1. The molecule has 1 aliphatic carbocycles. The number of benzene rings is 1. The van der Waals surface area contributed by atoms with Gasteiger partial charge in [-0.25, -0.2) is 4.79 Å². The van der Waals surface area contributed by atoms with Crippen LogP contribution in [0.5, 0.6) is 0 Å². The number of hydrogen-bond acceptors (Lipinski definition) is 4. The van der Waals surface area contributed by atoms with Crippen LogP contribution in [0, 0.1) is 16.0 Å². The van der Waals surface area contributed by atoms with E-state index in [1.807, 2.05) is 30.3 Å². The van der Waals surface area contributed by atoms with Gasteiger partial charge in [-0.15, -0.1) is 0 Å². The standard InChI is InChI=1S/C12H14N2O4/c15-12(13-7-10-6-11(10)14(16)17)18-8-9-4-2-1-3-5-9/h1-5,10-11H,6-8H2,(H,13,15)/t10-,11+/m0/s1. The predicted octanol–water partition coefficient (Wildman–Crippen LogP) is 1.58. The van der Waals surface area contributed by atoms with Gasteiger partial charge in [0.15, 0.2) is 0 Å². The van der Waals surface area contributed by atoms with Crippen molar-refractivity contribution in [1.82, 2.24) is 5.32 Å². The highest BCUT2D eigenvalue weighted by molar-refractivity contribution is 5.67. The van der Waals surface area contributed by atoms with E-state index in [2.05, 4.69) is 5.32 Å². The van der Waals surface area contributed by atoms with Gasteiger partial charge < -0.3 is 10.1 Å². The molecule has 0 radical (unpaired) electrons. The first kappa shape index (κ1) is 12.3. The van der Waals surface area contributed by atoms with Gasteiger partial charge in [0, 0.05) is 17.9 Å². The van der Waals surface area contributed by atoms with Gasteiger partial charge >= 0.3 is 6.09 Å². The lowest BCUT2D eigenvalue weighted by molar-refractivity contribution is -0.498. The number of carbonyl (C=O) groups is 1. The van der Waals surface area contributed by atoms with E-state index in [9.17, 15) is 14.9 Å². The van der Waals surface area contributed by atoms with Crippen LogP contribution >= 0.6 is 0 Å². The molecule has 0 saturated heterocycles. The fraction of sp³-hybridized carbons (Fsp3) is 0.417. The molecule has 6 nitrogen and oxygen atoms in total. The smallest absolute Gasteiger partial charge is 0.407 e. The molecule has 2 rings (SSSR count). The van der Waals surface area contributed by atoms with Crippen LogP contribution < -0.4 is 5.32 Å². The first-order valence-electron chi connectivity index (χ1n) is 5.75. The Morgan fingerprint density at radius 2 is 2.17 bits per heavy atom. The van der Waals surface area contributed by atoms with Gasteiger partial charge in [0.05, 0.1) is 5.92 Å². The summed E-state index contributed by atoms with van der Waals surface area (Å²) in [6.07, 6.45) is -0.000702. The van der Waals surface area contributed by atoms with Crippen molar-refractivity contribution in [3.63, 3.8) is 0 Å². The monoisotopic (exact) mass is 250 g/mol. The molecule has 0 aromatic heterocycles. The number of hydrogen-bond donors (Lipinski definition) is 1. The molecule has 1 aromatic rings. The second-order valence-corrected chi connectivity index (χ2v) is 4.29. The zero-order valence-corrected chi connectivity index (χ0v) is 9.74. The van der Waals surface area contributed by atoms with Crippen molar-refractivity contribution in [3.05, 3.63) is 46.0 Å². The Bertz CT molecular complexity index is 435. The molecule has 1 aromatic carbocycles. The van der Waals surface area contributed by atoms with E-state index in [4.69, 9.17) is 4.74 Å². The number of alkyl carbamates (subject to hydrolysis) is 1. The summed E-state index contributed by atoms with van der Waals surface area (Å²) in [5.74, 6) is -0.0516. The predicted molar refractivity (Wildman–Crippen MR) is 63.5 cm³/mol. The summed E-state index contributed by atoms with van der Waals surface area (Å²) in [5.41, 5.74) is 0.905. The van der Waals surface area contributed by atoms with Gasteiger partial charge in [-0.05, 0) is 5.56 Å².